The number of hydrogen-bond donors (Lipinski definition) is 3. The van der Waals surface area contributed by atoms with E-state index in [2.05, 4.69) is 32.4 Å². The van der Waals surface area contributed by atoms with E-state index in [9.17, 15) is 13.2 Å². The van der Waals surface area contributed by atoms with E-state index in [1.54, 1.807) is 18.2 Å². The van der Waals surface area contributed by atoms with Gasteiger partial charge in [0.15, 0.2) is 0 Å². The first kappa shape index (κ1) is 24.7. The molecule has 1 saturated carbocycles. The predicted octanol–water partition coefficient (Wildman–Crippen LogP) is 4.36. The van der Waals surface area contributed by atoms with Crippen molar-refractivity contribution in [3.8, 4) is 0 Å². The van der Waals surface area contributed by atoms with Crippen LogP contribution in [0.1, 0.15) is 29.5 Å². The molecule has 0 unspecified atom stereocenters. The standard InChI is InChI=1S/C29H30N4O4S/c34-29-27(25-18-23(10-13-26(25)31-29)32-38(35,36)24-11-12-24)28(21-4-2-1-3-5-21)30-22-8-6-20(7-9-22)19-33-14-16-37-17-15-33/h1-10,13,18,24,30,32H,11-12,14-17,19H2,(H,31,34). The quantitative estimate of drug-likeness (QED) is 0.375. The van der Waals surface area contributed by atoms with Crippen molar-refractivity contribution in [3.05, 3.63) is 89.5 Å². The molecule has 38 heavy (non-hydrogen) atoms. The monoisotopic (exact) mass is 530 g/mol. The molecule has 2 fully saturated rings. The predicted molar refractivity (Wildman–Crippen MR) is 150 cm³/mol. The number of nitrogens with one attached hydrogen (secondary N) is 3. The lowest BCUT2D eigenvalue weighted by molar-refractivity contribution is -0.110. The van der Waals surface area contributed by atoms with Gasteiger partial charge in [-0.25, -0.2) is 8.42 Å². The Morgan fingerprint density at radius 1 is 0.947 bits per heavy atom. The zero-order chi connectivity index (χ0) is 26.1. The van der Waals surface area contributed by atoms with Crippen molar-refractivity contribution < 1.29 is 17.9 Å². The molecule has 3 aliphatic rings. The number of carbonyl (C=O) groups is 1. The van der Waals surface area contributed by atoms with E-state index in [0.717, 1.165) is 44.1 Å². The highest BCUT2D eigenvalue weighted by atomic mass is 32.2. The van der Waals surface area contributed by atoms with Crippen LogP contribution < -0.4 is 15.4 Å². The zero-order valence-electron chi connectivity index (χ0n) is 20.9. The molecule has 3 aromatic rings. The van der Waals surface area contributed by atoms with Crippen molar-refractivity contribution in [1.82, 2.24) is 4.90 Å². The van der Waals surface area contributed by atoms with Gasteiger partial charge in [-0.3, -0.25) is 14.4 Å². The molecule has 2 aliphatic heterocycles. The molecule has 3 aromatic carbocycles. The Hall–Kier alpha value is -3.66. The Labute approximate surface area is 222 Å². The maximum Gasteiger partial charge on any atom is 0.258 e. The highest BCUT2D eigenvalue weighted by molar-refractivity contribution is 7.93. The number of morpholine rings is 1. The summed E-state index contributed by atoms with van der Waals surface area (Å²) in [5.74, 6) is -0.238. The van der Waals surface area contributed by atoms with Crippen molar-refractivity contribution in [3.63, 3.8) is 0 Å². The summed E-state index contributed by atoms with van der Waals surface area (Å²) in [5, 5.41) is 6.08. The van der Waals surface area contributed by atoms with Crippen molar-refractivity contribution in [2.75, 3.05) is 41.7 Å². The number of sulfonamides is 1. The summed E-state index contributed by atoms with van der Waals surface area (Å²) in [5.41, 5.74) is 5.80. The average molecular weight is 531 g/mol. The third-order valence-corrected chi connectivity index (χ3v) is 8.90. The van der Waals surface area contributed by atoms with Gasteiger partial charge in [-0.1, -0.05) is 42.5 Å². The molecule has 8 nitrogen and oxygen atoms in total. The van der Waals surface area contributed by atoms with Gasteiger partial charge in [0, 0.05) is 42.3 Å². The highest BCUT2D eigenvalue weighted by Gasteiger charge is 2.36. The number of anilines is 3. The van der Waals surface area contributed by atoms with Crippen LogP contribution in [-0.2, 0) is 26.1 Å². The lowest BCUT2D eigenvalue weighted by atomic mass is 9.99. The fourth-order valence-electron chi connectivity index (χ4n) is 4.84. The molecular formula is C29H30N4O4S. The second kappa shape index (κ2) is 10.2. The summed E-state index contributed by atoms with van der Waals surface area (Å²) in [6, 6.07) is 23.1. The summed E-state index contributed by atoms with van der Waals surface area (Å²) in [6.45, 7) is 4.25. The molecule has 9 heteroatoms. The number of nitrogens with zero attached hydrogens (tertiary/aromatic N) is 1. The Bertz CT molecular complexity index is 1480. The first-order chi connectivity index (χ1) is 18.5. The Morgan fingerprint density at radius 3 is 2.37 bits per heavy atom. The fourth-order valence-corrected chi connectivity index (χ4v) is 6.22. The highest BCUT2D eigenvalue weighted by Crippen LogP contribution is 2.39. The minimum Gasteiger partial charge on any atom is -0.379 e. The first-order valence-corrected chi connectivity index (χ1v) is 14.4. The van der Waals surface area contributed by atoms with Crippen molar-refractivity contribution in [1.29, 1.82) is 0 Å². The van der Waals surface area contributed by atoms with Gasteiger partial charge in [0.1, 0.15) is 0 Å². The molecule has 3 N–H and O–H groups in total. The maximum atomic E-state index is 13.3. The van der Waals surface area contributed by atoms with E-state index < -0.39 is 10.0 Å². The molecule has 6 rings (SSSR count). The summed E-state index contributed by atoms with van der Waals surface area (Å²) < 4.78 is 33.2. The second-order valence-corrected chi connectivity index (χ2v) is 11.8. The molecule has 0 radical (unpaired) electrons. The third kappa shape index (κ3) is 5.31. The Balaban J connectivity index is 1.33. The maximum absolute atomic E-state index is 13.3. The minimum absolute atomic E-state index is 0.238. The lowest BCUT2D eigenvalue weighted by Gasteiger charge is -2.26. The van der Waals surface area contributed by atoms with Gasteiger partial charge in [-0.05, 0) is 54.3 Å². The van der Waals surface area contributed by atoms with Crippen LogP contribution in [-0.4, -0.2) is 50.8 Å². The first-order valence-electron chi connectivity index (χ1n) is 12.9. The Kier molecular flexibility index (Phi) is 6.65. The van der Waals surface area contributed by atoms with Crippen LogP contribution in [0.5, 0.6) is 0 Å². The fraction of sp³-hybridized carbons (Fsp3) is 0.276. The van der Waals surface area contributed by atoms with E-state index >= 15 is 0 Å². The van der Waals surface area contributed by atoms with Crippen LogP contribution in [0, 0.1) is 0 Å². The summed E-state index contributed by atoms with van der Waals surface area (Å²) >= 11 is 0. The van der Waals surface area contributed by atoms with Gasteiger partial charge in [-0.2, -0.15) is 0 Å². The van der Waals surface area contributed by atoms with E-state index in [4.69, 9.17) is 4.74 Å². The molecule has 0 spiro atoms. The largest absolute Gasteiger partial charge is 0.379 e. The SMILES string of the molecule is O=C1Nc2ccc(NS(=O)(=O)C3CC3)cc2C1=C(Nc1ccc(CN2CCOCC2)cc1)c1ccccc1. The number of carbonyl (C=O) groups excluding carboxylic acids is 1. The molecule has 2 heterocycles. The van der Waals surface area contributed by atoms with Crippen molar-refractivity contribution >= 4 is 44.3 Å². The lowest BCUT2D eigenvalue weighted by Crippen LogP contribution is -2.35. The molecule has 1 aliphatic carbocycles. The number of amides is 1. The second-order valence-electron chi connectivity index (χ2n) is 9.89. The van der Waals surface area contributed by atoms with Gasteiger partial charge < -0.3 is 15.4 Å². The van der Waals surface area contributed by atoms with Crippen LogP contribution in [0.15, 0.2) is 72.8 Å². The van der Waals surface area contributed by atoms with E-state index in [1.165, 1.54) is 5.56 Å². The van der Waals surface area contributed by atoms with Crippen LogP contribution in [0.4, 0.5) is 17.1 Å². The van der Waals surface area contributed by atoms with Crippen LogP contribution in [0.3, 0.4) is 0 Å². The van der Waals surface area contributed by atoms with Gasteiger partial charge in [0.05, 0.1) is 29.7 Å². The van der Waals surface area contributed by atoms with Crippen LogP contribution >= 0.6 is 0 Å². The van der Waals surface area contributed by atoms with Gasteiger partial charge in [0.25, 0.3) is 5.91 Å². The van der Waals surface area contributed by atoms with E-state index in [1.807, 2.05) is 42.5 Å². The van der Waals surface area contributed by atoms with Crippen LogP contribution in [0.25, 0.3) is 11.3 Å². The van der Waals surface area contributed by atoms with Crippen LogP contribution in [0.2, 0.25) is 0 Å². The summed E-state index contributed by atoms with van der Waals surface area (Å²) in [4.78, 5) is 15.6. The normalized spacial score (nSPS) is 19.0. The number of benzene rings is 3. The molecule has 0 atom stereocenters. The minimum atomic E-state index is -3.42. The number of rotatable bonds is 8. The molecule has 0 aromatic heterocycles. The van der Waals surface area contributed by atoms with Crippen molar-refractivity contribution in [2.45, 2.75) is 24.6 Å². The molecule has 1 amide bonds. The smallest absolute Gasteiger partial charge is 0.258 e. The van der Waals surface area contributed by atoms with Gasteiger partial charge in [0.2, 0.25) is 10.0 Å². The summed E-state index contributed by atoms with van der Waals surface area (Å²) in [7, 11) is -3.42. The van der Waals surface area contributed by atoms with E-state index in [-0.39, 0.29) is 11.2 Å². The molecule has 196 valence electrons. The Morgan fingerprint density at radius 2 is 1.66 bits per heavy atom. The molecule has 1 saturated heterocycles. The number of ether oxygens (including phenoxy) is 1. The zero-order valence-corrected chi connectivity index (χ0v) is 21.8. The average Bonchev–Trinajstić information content (AvgIpc) is 3.74. The number of hydrogen-bond acceptors (Lipinski definition) is 6. The van der Waals surface area contributed by atoms with Gasteiger partial charge in [-0.15, -0.1) is 0 Å². The van der Waals surface area contributed by atoms with E-state index in [0.29, 0.717) is 41.1 Å². The topological polar surface area (TPSA) is 99.8 Å². The third-order valence-electron chi connectivity index (χ3n) is 7.03. The molecule has 0 bridgehead atoms. The van der Waals surface area contributed by atoms with Gasteiger partial charge >= 0.3 is 0 Å². The van der Waals surface area contributed by atoms with Crippen molar-refractivity contribution in [2.24, 2.45) is 0 Å². The summed E-state index contributed by atoms with van der Waals surface area (Å²) in [6.07, 6.45) is 1.36. The number of fused-ring (bicyclic) bond motifs is 1. The molecular weight excluding hydrogens is 500 g/mol.